The molecule has 6 nitrogen and oxygen atoms in total. The van der Waals surface area contributed by atoms with E-state index in [1.54, 1.807) is 4.90 Å². The molecule has 9 heteroatoms. The van der Waals surface area contributed by atoms with Gasteiger partial charge in [0.15, 0.2) is 0 Å². The minimum Gasteiger partial charge on any atom is -0.336 e. The summed E-state index contributed by atoms with van der Waals surface area (Å²) in [7, 11) is -4.09. The van der Waals surface area contributed by atoms with Crippen molar-refractivity contribution in [1.29, 1.82) is 0 Å². The highest BCUT2D eigenvalue weighted by Crippen LogP contribution is 2.31. The Hall–Kier alpha value is -2.42. The second-order valence-corrected chi connectivity index (χ2v) is 10.2. The highest BCUT2D eigenvalue weighted by molar-refractivity contribution is 7.89. The lowest BCUT2D eigenvalue weighted by Crippen LogP contribution is -2.50. The Kier molecular flexibility index (Phi) is 7.07. The van der Waals surface area contributed by atoms with Gasteiger partial charge in [-0.25, -0.2) is 13.6 Å². The summed E-state index contributed by atoms with van der Waals surface area (Å²) in [6.45, 7) is 2.23. The average Bonchev–Trinajstić information content (AvgIpc) is 2.80. The zero-order chi connectivity index (χ0) is 23.6. The molecule has 0 saturated carbocycles. The average molecular weight is 504 g/mol. The molecule has 3 aromatic rings. The van der Waals surface area contributed by atoms with Crippen molar-refractivity contribution in [3.8, 4) is 0 Å². The van der Waals surface area contributed by atoms with Gasteiger partial charge in [-0.1, -0.05) is 83.9 Å². The lowest BCUT2D eigenvalue weighted by molar-refractivity contribution is 0.0597. The van der Waals surface area contributed by atoms with Crippen LogP contribution in [0.1, 0.15) is 27.5 Å². The number of carbonyl (C=O) groups excluding carboxylic acids is 1. The molecule has 1 aliphatic heterocycles. The van der Waals surface area contributed by atoms with Crippen molar-refractivity contribution in [2.24, 2.45) is 5.14 Å². The van der Waals surface area contributed by atoms with Crippen LogP contribution in [0.15, 0.2) is 77.7 Å². The van der Waals surface area contributed by atoms with Crippen LogP contribution in [-0.2, 0) is 10.0 Å². The van der Waals surface area contributed by atoms with Gasteiger partial charge in [0.05, 0.1) is 21.7 Å². The molecule has 0 aromatic heterocycles. The number of hydrogen-bond donors (Lipinski definition) is 1. The van der Waals surface area contributed by atoms with Gasteiger partial charge in [-0.3, -0.25) is 9.69 Å². The number of carbonyl (C=O) groups is 1. The molecule has 1 aliphatic rings. The largest absolute Gasteiger partial charge is 0.336 e. The van der Waals surface area contributed by atoms with E-state index in [0.29, 0.717) is 26.2 Å². The normalized spacial score (nSPS) is 15.1. The Balaban J connectivity index is 1.55. The van der Waals surface area contributed by atoms with Gasteiger partial charge in [-0.05, 0) is 23.3 Å². The molecule has 0 radical (unpaired) electrons. The first-order valence-corrected chi connectivity index (χ1v) is 12.7. The lowest BCUT2D eigenvalue weighted by atomic mass is 9.96. The van der Waals surface area contributed by atoms with Crippen molar-refractivity contribution in [2.45, 2.75) is 10.9 Å². The molecule has 0 unspecified atom stereocenters. The molecular weight excluding hydrogens is 481 g/mol. The molecule has 1 heterocycles. The Morgan fingerprint density at radius 3 is 1.82 bits per heavy atom. The number of piperazine rings is 1. The van der Waals surface area contributed by atoms with Crippen molar-refractivity contribution in [3.63, 3.8) is 0 Å². The minimum atomic E-state index is -4.09. The number of benzene rings is 3. The maximum absolute atomic E-state index is 13.2. The van der Waals surface area contributed by atoms with Crippen molar-refractivity contribution in [1.82, 2.24) is 9.80 Å². The Bertz CT molecular complexity index is 1210. The zero-order valence-corrected chi connectivity index (χ0v) is 20.0. The summed E-state index contributed by atoms with van der Waals surface area (Å²) in [5.41, 5.74) is 2.44. The van der Waals surface area contributed by atoms with E-state index in [0.717, 1.165) is 6.07 Å². The van der Waals surface area contributed by atoms with Crippen LogP contribution < -0.4 is 5.14 Å². The molecule has 0 spiro atoms. The zero-order valence-electron chi connectivity index (χ0n) is 17.7. The number of sulfonamides is 1. The standard InChI is InChI=1S/C24H23Cl2N3O3S/c25-20-16-21(26)22(33(27,31)32)15-19(20)24(30)29-13-11-28(12-14-29)23(17-7-3-1-4-8-17)18-9-5-2-6-10-18/h1-10,15-16,23H,11-14H2,(H2,27,31,32). The molecule has 1 amide bonds. The number of halogens is 2. The predicted molar refractivity (Wildman–Crippen MR) is 130 cm³/mol. The molecule has 0 bridgehead atoms. The number of amides is 1. The third kappa shape index (κ3) is 5.23. The molecule has 0 atom stereocenters. The second kappa shape index (κ2) is 9.83. The molecule has 172 valence electrons. The topological polar surface area (TPSA) is 83.7 Å². The quantitative estimate of drug-likeness (QED) is 0.565. The summed E-state index contributed by atoms with van der Waals surface area (Å²) in [6, 6.07) is 23.0. The molecular formula is C24H23Cl2N3O3S. The molecule has 1 fully saturated rings. The highest BCUT2D eigenvalue weighted by Gasteiger charge is 2.30. The predicted octanol–water partition coefficient (Wildman–Crippen LogP) is 4.19. The first kappa shape index (κ1) is 23.7. The van der Waals surface area contributed by atoms with Crippen molar-refractivity contribution >= 4 is 39.1 Å². The number of rotatable bonds is 5. The third-order valence-corrected chi connectivity index (χ3v) is 7.44. The molecule has 0 aliphatic carbocycles. The summed E-state index contributed by atoms with van der Waals surface area (Å²) >= 11 is 12.2. The Labute approximate surface area is 203 Å². The maximum Gasteiger partial charge on any atom is 0.255 e. The van der Waals surface area contributed by atoms with Crippen molar-refractivity contribution in [2.75, 3.05) is 26.2 Å². The first-order valence-electron chi connectivity index (χ1n) is 10.4. The van der Waals surface area contributed by atoms with E-state index in [1.807, 2.05) is 36.4 Å². The Morgan fingerprint density at radius 1 is 0.818 bits per heavy atom. The van der Waals surface area contributed by atoms with Gasteiger partial charge in [-0.2, -0.15) is 0 Å². The van der Waals surface area contributed by atoms with Crippen LogP contribution in [0, 0.1) is 0 Å². The molecule has 3 aromatic carbocycles. The summed E-state index contributed by atoms with van der Waals surface area (Å²) in [4.78, 5) is 16.9. The van der Waals surface area contributed by atoms with E-state index in [-0.39, 0.29) is 32.5 Å². The molecule has 33 heavy (non-hydrogen) atoms. The van der Waals surface area contributed by atoms with Crippen LogP contribution in [0.25, 0.3) is 0 Å². The Morgan fingerprint density at radius 2 is 1.33 bits per heavy atom. The van der Waals surface area contributed by atoms with Crippen LogP contribution in [-0.4, -0.2) is 50.3 Å². The van der Waals surface area contributed by atoms with E-state index in [2.05, 4.69) is 29.2 Å². The van der Waals surface area contributed by atoms with Crippen LogP contribution in [0.3, 0.4) is 0 Å². The first-order chi connectivity index (χ1) is 15.8. The fraction of sp³-hybridized carbons (Fsp3) is 0.208. The highest BCUT2D eigenvalue weighted by atomic mass is 35.5. The fourth-order valence-corrected chi connectivity index (χ4v) is 5.55. The van der Waals surface area contributed by atoms with Crippen LogP contribution in [0.2, 0.25) is 10.0 Å². The SMILES string of the molecule is NS(=O)(=O)c1cc(C(=O)N2CCN(C(c3ccccc3)c3ccccc3)CC2)c(Cl)cc1Cl. The second-order valence-electron chi connectivity index (χ2n) is 7.86. The fourth-order valence-electron chi connectivity index (χ4n) is 4.15. The monoisotopic (exact) mass is 503 g/mol. The van der Waals surface area contributed by atoms with Gasteiger partial charge in [0.1, 0.15) is 4.90 Å². The number of hydrogen-bond acceptors (Lipinski definition) is 4. The maximum atomic E-state index is 13.2. The number of nitrogens with two attached hydrogens (primary N) is 1. The van der Waals surface area contributed by atoms with E-state index in [4.69, 9.17) is 28.3 Å². The van der Waals surface area contributed by atoms with Gasteiger partial charge in [0, 0.05) is 26.2 Å². The summed E-state index contributed by atoms with van der Waals surface area (Å²) in [6.07, 6.45) is 0. The van der Waals surface area contributed by atoms with Crippen LogP contribution in [0.5, 0.6) is 0 Å². The molecule has 4 rings (SSSR count). The van der Waals surface area contributed by atoms with E-state index in [1.165, 1.54) is 17.2 Å². The number of primary sulfonamides is 1. The van der Waals surface area contributed by atoms with E-state index < -0.39 is 10.0 Å². The lowest BCUT2D eigenvalue weighted by Gasteiger charge is -2.40. The summed E-state index contributed by atoms with van der Waals surface area (Å²) in [5, 5.41) is 5.21. The molecule has 1 saturated heterocycles. The van der Waals surface area contributed by atoms with Crippen molar-refractivity contribution in [3.05, 3.63) is 99.5 Å². The minimum absolute atomic E-state index is 0.0674. The van der Waals surface area contributed by atoms with E-state index in [9.17, 15) is 13.2 Å². The molecule has 2 N–H and O–H groups in total. The number of nitrogens with zero attached hydrogens (tertiary/aromatic N) is 2. The summed E-state index contributed by atoms with van der Waals surface area (Å²) in [5.74, 6) is -0.350. The van der Waals surface area contributed by atoms with Gasteiger partial charge >= 0.3 is 0 Å². The summed E-state index contributed by atoms with van der Waals surface area (Å²) < 4.78 is 23.6. The van der Waals surface area contributed by atoms with Crippen molar-refractivity contribution < 1.29 is 13.2 Å². The third-order valence-electron chi connectivity index (χ3n) is 5.76. The van der Waals surface area contributed by atoms with Gasteiger partial charge in [-0.15, -0.1) is 0 Å². The van der Waals surface area contributed by atoms with Gasteiger partial charge in [0.2, 0.25) is 10.0 Å². The van der Waals surface area contributed by atoms with Gasteiger partial charge < -0.3 is 4.90 Å². The van der Waals surface area contributed by atoms with Crippen LogP contribution in [0.4, 0.5) is 0 Å². The van der Waals surface area contributed by atoms with E-state index >= 15 is 0 Å². The van der Waals surface area contributed by atoms with Crippen LogP contribution >= 0.6 is 23.2 Å². The van der Waals surface area contributed by atoms with Gasteiger partial charge in [0.25, 0.3) is 5.91 Å². The smallest absolute Gasteiger partial charge is 0.255 e.